The van der Waals surface area contributed by atoms with Gasteiger partial charge in [0.05, 0.1) is 12.6 Å². The molecule has 1 heterocycles. The molecule has 2 atom stereocenters. The van der Waals surface area contributed by atoms with Crippen molar-refractivity contribution >= 4 is 5.91 Å². The van der Waals surface area contributed by atoms with E-state index in [1.165, 1.54) is 0 Å². The van der Waals surface area contributed by atoms with Gasteiger partial charge in [0.1, 0.15) is 11.9 Å². The molecule has 0 radical (unpaired) electrons. The van der Waals surface area contributed by atoms with Gasteiger partial charge in [-0.2, -0.15) is 0 Å². The van der Waals surface area contributed by atoms with Crippen LogP contribution in [-0.4, -0.2) is 29.5 Å². The lowest BCUT2D eigenvalue weighted by atomic mass is 9.99. The number of nitrogens with one attached hydrogen (secondary N) is 1. The lowest BCUT2D eigenvalue weighted by molar-refractivity contribution is -0.133. The molecule has 3 rings (SSSR count). The van der Waals surface area contributed by atoms with Crippen molar-refractivity contribution in [3.8, 4) is 5.75 Å². The van der Waals surface area contributed by atoms with Gasteiger partial charge in [-0.15, -0.1) is 0 Å². The predicted molar refractivity (Wildman–Crippen MR) is 77.4 cm³/mol. The number of benzene rings is 1. The Hall–Kier alpha value is -1.55. The second-order valence-corrected chi connectivity index (χ2v) is 5.95. The molecule has 4 heteroatoms. The third kappa shape index (κ3) is 2.08. The van der Waals surface area contributed by atoms with Crippen LogP contribution >= 0.6 is 0 Å². The summed E-state index contributed by atoms with van der Waals surface area (Å²) in [5.41, 5.74) is 0.691. The maximum Gasteiger partial charge on any atom is 0.244 e. The Kier molecular flexibility index (Phi) is 3.21. The van der Waals surface area contributed by atoms with Crippen molar-refractivity contribution in [1.82, 2.24) is 10.2 Å². The normalized spacial score (nSPS) is 29.9. The zero-order chi connectivity index (χ0) is 14.3. The molecule has 1 amide bonds. The molecular formula is C16H22N2O2. The molecule has 2 aliphatic rings. The molecule has 1 aliphatic carbocycles. The van der Waals surface area contributed by atoms with Crippen molar-refractivity contribution < 1.29 is 9.53 Å². The van der Waals surface area contributed by atoms with E-state index in [4.69, 9.17) is 4.74 Å². The van der Waals surface area contributed by atoms with Crippen molar-refractivity contribution in [1.29, 1.82) is 0 Å². The monoisotopic (exact) mass is 274 g/mol. The molecule has 2 unspecified atom stereocenters. The van der Waals surface area contributed by atoms with Crippen molar-refractivity contribution in [3.63, 3.8) is 0 Å². The maximum absolute atomic E-state index is 12.7. The van der Waals surface area contributed by atoms with Crippen molar-refractivity contribution in [2.24, 2.45) is 0 Å². The van der Waals surface area contributed by atoms with E-state index in [0.29, 0.717) is 6.04 Å². The third-order valence-electron chi connectivity index (χ3n) is 4.52. The molecule has 2 fully saturated rings. The maximum atomic E-state index is 12.7. The van der Waals surface area contributed by atoms with Gasteiger partial charge >= 0.3 is 0 Å². The SMILES string of the molecule is CCC1(C)NC(c2ccc(OC)cc2)N(C2CC2)C1=O. The van der Waals surface area contributed by atoms with Crippen molar-refractivity contribution in [2.75, 3.05) is 7.11 Å². The number of methoxy groups -OCH3 is 1. The van der Waals surface area contributed by atoms with Crippen molar-refractivity contribution in [2.45, 2.75) is 50.9 Å². The van der Waals surface area contributed by atoms with Crippen LogP contribution in [0.5, 0.6) is 5.75 Å². The average Bonchev–Trinajstić information content (AvgIpc) is 3.27. The Morgan fingerprint density at radius 3 is 2.50 bits per heavy atom. The highest BCUT2D eigenvalue weighted by molar-refractivity contribution is 5.89. The topological polar surface area (TPSA) is 41.6 Å². The van der Waals surface area contributed by atoms with E-state index in [9.17, 15) is 4.79 Å². The van der Waals surface area contributed by atoms with Gasteiger partial charge < -0.3 is 9.64 Å². The minimum Gasteiger partial charge on any atom is -0.497 e. The Labute approximate surface area is 120 Å². The number of hydrogen-bond acceptors (Lipinski definition) is 3. The lowest BCUT2D eigenvalue weighted by Crippen LogP contribution is -2.43. The Bertz CT molecular complexity index is 510. The van der Waals surface area contributed by atoms with Crippen LogP contribution in [0.2, 0.25) is 0 Å². The molecule has 1 aliphatic heterocycles. The number of carbonyl (C=O) groups excluding carboxylic acids is 1. The number of rotatable bonds is 4. The Morgan fingerprint density at radius 1 is 1.35 bits per heavy atom. The summed E-state index contributed by atoms with van der Waals surface area (Å²) in [6.07, 6.45) is 3.05. The summed E-state index contributed by atoms with van der Waals surface area (Å²) in [4.78, 5) is 14.7. The van der Waals surface area contributed by atoms with Gasteiger partial charge in [-0.25, -0.2) is 0 Å². The van der Waals surface area contributed by atoms with Gasteiger partial charge in [0.25, 0.3) is 0 Å². The Morgan fingerprint density at radius 2 is 2.00 bits per heavy atom. The van der Waals surface area contributed by atoms with Crippen LogP contribution in [-0.2, 0) is 4.79 Å². The molecule has 0 spiro atoms. The van der Waals surface area contributed by atoms with E-state index >= 15 is 0 Å². The first kappa shape index (κ1) is 13.4. The van der Waals surface area contributed by atoms with E-state index in [0.717, 1.165) is 30.6 Å². The summed E-state index contributed by atoms with van der Waals surface area (Å²) in [7, 11) is 1.66. The van der Waals surface area contributed by atoms with Gasteiger partial charge in [0.2, 0.25) is 5.91 Å². The van der Waals surface area contributed by atoms with E-state index in [1.54, 1.807) is 7.11 Å². The van der Waals surface area contributed by atoms with Crippen LogP contribution < -0.4 is 10.1 Å². The second kappa shape index (κ2) is 4.77. The largest absolute Gasteiger partial charge is 0.497 e. The highest BCUT2D eigenvalue weighted by Gasteiger charge is 2.51. The molecule has 1 saturated heterocycles. The standard InChI is InChI=1S/C16H22N2O2/c1-4-16(2)15(19)18(12-7-8-12)14(17-16)11-5-9-13(20-3)10-6-11/h5-6,9-10,12,14,17H,4,7-8H2,1-3H3. The fourth-order valence-corrected chi connectivity index (χ4v) is 2.85. The van der Waals surface area contributed by atoms with Gasteiger partial charge in [-0.3, -0.25) is 10.1 Å². The first-order valence-electron chi connectivity index (χ1n) is 7.33. The molecule has 1 saturated carbocycles. The fraction of sp³-hybridized carbons (Fsp3) is 0.562. The molecule has 108 valence electrons. The first-order valence-corrected chi connectivity index (χ1v) is 7.33. The van der Waals surface area contributed by atoms with Gasteiger partial charge in [0.15, 0.2) is 0 Å². The molecule has 4 nitrogen and oxygen atoms in total. The van der Waals surface area contributed by atoms with Gasteiger partial charge in [-0.1, -0.05) is 19.1 Å². The minimum atomic E-state index is -0.437. The first-order chi connectivity index (χ1) is 9.59. The molecule has 1 aromatic carbocycles. The highest BCUT2D eigenvalue weighted by Crippen LogP contribution is 2.41. The summed E-state index contributed by atoms with van der Waals surface area (Å²) in [5, 5.41) is 3.53. The van der Waals surface area contributed by atoms with E-state index < -0.39 is 5.54 Å². The Balaban J connectivity index is 1.91. The fourth-order valence-electron chi connectivity index (χ4n) is 2.85. The molecular weight excluding hydrogens is 252 g/mol. The number of carbonyl (C=O) groups is 1. The van der Waals surface area contributed by atoms with Crippen LogP contribution in [0.4, 0.5) is 0 Å². The number of nitrogens with zero attached hydrogens (tertiary/aromatic N) is 1. The lowest BCUT2D eigenvalue weighted by Gasteiger charge is -2.24. The summed E-state index contributed by atoms with van der Waals surface area (Å²) in [6.45, 7) is 4.07. The summed E-state index contributed by atoms with van der Waals surface area (Å²) in [5.74, 6) is 1.08. The average molecular weight is 274 g/mol. The third-order valence-corrected chi connectivity index (χ3v) is 4.52. The van der Waals surface area contributed by atoms with Crippen LogP contribution in [0.3, 0.4) is 0 Å². The second-order valence-electron chi connectivity index (χ2n) is 5.95. The number of hydrogen-bond donors (Lipinski definition) is 1. The minimum absolute atomic E-state index is 0.00847. The van der Waals surface area contributed by atoms with E-state index in [1.807, 2.05) is 36.1 Å². The molecule has 1 aromatic rings. The van der Waals surface area contributed by atoms with E-state index in [2.05, 4.69) is 12.2 Å². The van der Waals surface area contributed by atoms with Gasteiger partial charge in [0, 0.05) is 6.04 Å². The van der Waals surface area contributed by atoms with Crippen LogP contribution in [0, 0.1) is 0 Å². The zero-order valence-electron chi connectivity index (χ0n) is 12.3. The van der Waals surface area contributed by atoms with Crippen molar-refractivity contribution in [3.05, 3.63) is 29.8 Å². The summed E-state index contributed by atoms with van der Waals surface area (Å²) < 4.78 is 5.20. The summed E-state index contributed by atoms with van der Waals surface area (Å²) in [6, 6.07) is 8.40. The number of ether oxygens (including phenoxy) is 1. The number of amides is 1. The predicted octanol–water partition coefficient (Wildman–Crippen LogP) is 2.46. The van der Waals surface area contributed by atoms with Crippen LogP contribution in [0.25, 0.3) is 0 Å². The molecule has 0 aromatic heterocycles. The smallest absolute Gasteiger partial charge is 0.244 e. The van der Waals surface area contributed by atoms with Crippen LogP contribution in [0.15, 0.2) is 24.3 Å². The van der Waals surface area contributed by atoms with Crippen LogP contribution in [0.1, 0.15) is 44.8 Å². The quantitative estimate of drug-likeness (QED) is 0.917. The summed E-state index contributed by atoms with van der Waals surface area (Å²) >= 11 is 0. The molecule has 0 bridgehead atoms. The zero-order valence-corrected chi connectivity index (χ0v) is 12.3. The van der Waals surface area contributed by atoms with E-state index in [-0.39, 0.29) is 12.1 Å². The van der Waals surface area contributed by atoms with Gasteiger partial charge in [-0.05, 0) is 43.9 Å². The molecule has 20 heavy (non-hydrogen) atoms. The molecule has 1 N–H and O–H groups in total. The highest BCUT2D eigenvalue weighted by atomic mass is 16.5.